The molecule has 2 rings (SSSR count). The van der Waals surface area contributed by atoms with E-state index in [1.54, 1.807) is 11.3 Å². The predicted molar refractivity (Wildman–Crippen MR) is 53.9 cm³/mol. The van der Waals surface area contributed by atoms with Crippen molar-refractivity contribution in [1.29, 1.82) is 5.26 Å². The van der Waals surface area contributed by atoms with Crippen LogP contribution in [-0.2, 0) is 11.2 Å². The molecular weight excluding hydrogens is 196 g/mol. The number of fused-ring (bicyclic) bond motifs is 1. The number of thiophene rings is 1. The Balaban J connectivity index is 2.34. The summed E-state index contributed by atoms with van der Waals surface area (Å²) in [7, 11) is 0. The molecule has 1 aliphatic rings. The first-order valence-corrected chi connectivity index (χ1v) is 5.39. The van der Waals surface area contributed by atoms with Gasteiger partial charge in [0.2, 0.25) is 6.41 Å². The average Bonchev–Trinajstić information content (AvgIpc) is 2.62. The van der Waals surface area contributed by atoms with Crippen LogP contribution < -0.4 is 5.32 Å². The highest BCUT2D eigenvalue weighted by molar-refractivity contribution is 7.12. The van der Waals surface area contributed by atoms with E-state index in [2.05, 4.69) is 11.4 Å². The number of aryl methyl sites for hydroxylation is 1. The second-order valence-electron chi connectivity index (χ2n) is 3.33. The van der Waals surface area contributed by atoms with E-state index in [1.807, 2.05) is 6.07 Å². The van der Waals surface area contributed by atoms with Gasteiger partial charge in [-0.1, -0.05) is 0 Å². The Morgan fingerprint density at radius 1 is 1.71 bits per heavy atom. The van der Waals surface area contributed by atoms with Gasteiger partial charge in [0.1, 0.15) is 10.9 Å². The van der Waals surface area contributed by atoms with Crippen LogP contribution in [0.4, 0.5) is 0 Å². The Hall–Kier alpha value is -1.34. The van der Waals surface area contributed by atoms with E-state index in [9.17, 15) is 4.79 Å². The van der Waals surface area contributed by atoms with Crippen LogP contribution in [0.2, 0.25) is 0 Å². The Kier molecular flexibility index (Phi) is 2.51. The third-order valence-electron chi connectivity index (χ3n) is 2.49. The summed E-state index contributed by atoms with van der Waals surface area (Å²) < 4.78 is 0. The summed E-state index contributed by atoms with van der Waals surface area (Å²) in [5.74, 6) is 0. The SMILES string of the molecule is N#Cc1cc2c(s1)CCCC2NC=O. The highest BCUT2D eigenvalue weighted by Gasteiger charge is 2.22. The minimum absolute atomic E-state index is 0.120. The molecule has 0 bridgehead atoms. The number of nitrogens with zero attached hydrogens (tertiary/aromatic N) is 1. The molecule has 0 saturated heterocycles. The lowest BCUT2D eigenvalue weighted by Gasteiger charge is -2.21. The molecule has 14 heavy (non-hydrogen) atoms. The molecule has 0 radical (unpaired) electrons. The molecule has 1 unspecified atom stereocenters. The summed E-state index contributed by atoms with van der Waals surface area (Å²) in [5, 5.41) is 11.6. The van der Waals surface area contributed by atoms with Crippen molar-refractivity contribution in [3.05, 3.63) is 21.4 Å². The number of hydrogen-bond donors (Lipinski definition) is 1. The second kappa shape index (κ2) is 3.81. The maximum Gasteiger partial charge on any atom is 0.207 e. The van der Waals surface area contributed by atoms with Gasteiger partial charge in [-0.25, -0.2) is 0 Å². The van der Waals surface area contributed by atoms with E-state index < -0.39 is 0 Å². The molecule has 1 amide bonds. The van der Waals surface area contributed by atoms with Crippen molar-refractivity contribution in [3.8, 4) is 6.07 Å². The molecule has 1 aromatic heterocycles. The standard InChI is InChI=1S/C10H10N2OS/c11-5-7-4-8-9(12-6-13)2-1-3-10(8)14-7/h4,6,9H,1-3H2,(H,12,13). The van der Waals surface area contributed by atoms with Crippen molar-refractivity contribution >= 4 is 17.7 Å². The highest BCUT2D eigenvalue weighted by Crippen LogP contribution is 2.35. The third kappa shape index (κ3) is 1.51. The van der Waals surface area contributed by atoms with E-state index in [0.29, 0.717) is 0 Å². The summed E-state index contributed by atoms with van der Waals surface area (Å²) in [4.78, 5) is 12.4. The van der Waals surface area contributed by atoms with E-state index in [0.717, 1.165) is 36.1 Å². The molecule has 72 valence electrons. The van der Waals surface area contributed by atoms with Crippen molar-refractivity contribution in [2.45, 2.75) is 25.3 Å². The second-order valence-corrected chi connectivity index (χ2v) is 4.47. The van der Waals surface area contributed by atoms with Crippen LogP contribution in [0.1, 0.15) is 34.2 Å². The van der Waals surface area contributed by atoms with Crippen LogP contribution in [0.5, 0.6) is 0 Å². The van der Waals surface area contributed by atoms with E-state index in [-0.39, 0.29) is 6.04 Å². The molecule has 1 aliphatic carbocycles. The Bertz CT molecular complexity index is 391. The van der Waals surface area contributed by atoms with Gasteiger partial charge in [-0.3, -0.25) is 4.79 Å². The molecule has 0 spiro atoms. The maximum atomic E-state index is 10.4. The Morgan fingerprint density at radius 2 is 2.57 bits per heavy atom. The maximum absolute atomic E-state index is 10.4. The molecule has 0 aliphatic heterocycles. The van der Waals surface area contributed by atoms with Gasteiger partial charge in [0.05, 0.1) is 6.04 Å². The largest absolute Gasteiger partial charge is 0.352 e. The topological polar surface area (TPSA) is 52.9 Å². The minimum Gasteiger partial charge on any atom is -0.352 e. The number of nitriles is 1. The lowest BCUT2D eigenvalue weighted by atomic mass is 9.94. The summed E-state index contributed by atoms with van der Waals surface area (Å²) in [5.41, 5.74) is 1.14. The van der Waals surface area contributed by atoms with Crippen LogP contribution in [0.15, 0.2) is 6.07 Å². The average molecular weight is 206 g/mol. The third-order valence-corrected chi connectivity index (χ3v) is 3.61. The summed E-state index contributed by atoms with van der Waals surface area (Å²) in [6, 6.07) is 4.17. The zero-order valence-electron chi connectivity index (χ0n) is 7.62. The minimum atomic E-state index is 0.120. The van der Waals surface area contributed by atoms with Gasteiger partial charge >= 0.3 is 0 Å². The fraction of sp³-hybridized carbons (Fsp3) is 0.400. The van der Waals surface area contributed by atoms with Crippen LogP contribution >= 0.6 is 11.3 Å². The molecule has 3 nitrogen and oxygen atoms in total. The quantitative estimate of drug-likeness (QED) is 0.749. The number of hydrogen-bond acceptors (Lipinski definition) is 3. The number of nitrogens with one attached hydrogen (secondary N) is 1. The lowest BCUT2D eigenvalue weighted by Crippen LogP contribution is -2.22. The Morgan fingerprint density at radius 3 is 3.29 bits per heavy atom. The molecular formula is C10H10N2OS. The fourth-order valence-electron chi connectivity index (χ4n) is 1.87. The lowest BCUT2D eigenvalue weighted by molar-refractivity contribution is -0.110. The van der Waals surface area contributed by atoms with E-state index in [4.69, 9.17) is 5.26 Å². The predicted octanol–water partition coefficient (Wildman–Crippen LogP) is 1.74. The summed E-state index contributed by atoms with van der Waals surface area (Å²) in [6.45, 7) is 0. The van der Waals surface area contributed by atoms with Gasteiger partial charge in [-0.2, -0.15) is 5.26 Å². The summed E-state index contributed by atoms with van der Waals surface area (Å²) in [6.07, 6.45) is 3.85. The van der Waals surface area contributed by atoms with Gasteiger partial charge in [-0.05, 0) is 30.9 Å². The van der Waals surface area contributed by atoms with Crippen LogP contribution in [0.25, 0.3) is 0 Å². The van der Waals surface area contributed by atoms with Crippen molar-refractivity contribution in [2.24, 2.45) is 0 Å². The number of rotatable bonds is 2. The first-order valence-electron chi connectivity index (χ1n) is 4.57. The molecule has 1 aromatic rings. The smallest absolute Gasteiger partial charge is 0.207 e. The first-order chi connectivity index (χ1) is 6.85. The molecule has 4 heteroatoms. The molecule has 0 fully saturated rings. The van der Waals surface area contributed by atoms with Gasteiger partial charge in [-0.15, -0.1) is 11.3 Å². The fourth-order valence-corrected chi connectivity index (χ4v) is 2.93. The molecule has 0 aromatic carbocycles. The van der Waals surface area contributed by atoms with Crippen LogP contribution in [0, 0.1) is 11.3 Å². The van der Waals surface area contributed by atoms with Gasteiger partial charge in [0.15, 0.2) is 0 Å². The van der Waals surface area contributed by atoms with Crippen molar-refractivity contribution < 1.29 is 4.79 Å². The van der Waals surface area contributed by atoms with Crippen molar-refractivity contribution in [2.75, 3.05) is 0 Å². The van der Waals surface area contributed by atoms with Gasteiger partial charge in [0, 0.05) is 4.88 Å². The molecule has 1 heterocycles. The van der Waals surface area contributed by atoms with E-state index >= 15 is 0 Å². The number of carbonyl (C=O) groups is 1. The molecule has 1 atom stereocenters. The van der Waals surface area contributed by atoms with Crippen LogP contribution in [-0.4, -0.2) is 6.41 Å². The monoisotopic (exact) mass is 206 g/mol. The molecule has 1 N–H and O–H groups in total. The first kappa shape index (κ1) is 9.22. The normalized spacial score (nSPS) is 19.5. The van der Waals surface area contributed by atoms with E-state index in [1.165, 1.54) is 4.88 Å². The molecule has 0 saturated carbocycles. The summed E-state index contributed by atoms with van der Waals surface area (Å²) >= 11 is 1.55. The highest BCUT2D eigenvalue weighted by atomic mass is 32.1. The number of amides is 1. The zero-order chi connectivity index (χ0) is 9.97. The van der Waals surface area contributed by atoms with Gasteiger partial charge < -0.3 is 5.32 Å². The Labute approximate surface area is 86.4 Å². The van der Waals surface area contributed by atoms with Crippen molar-refractivity contribution in [1.82, 2.24) is 5.32 Å². The van der Waals surface area contributed by atoms with Crippen LogP contribution in [0.3, 0.4) is 0 Å². The number of carbonyl (C=O) groups excluding carboxylic acids is 1. The zero-order valence-corrected chi connectivity index (χ0v) is 8.43. The van der Waals surface area contributed by atoms with Crippen molar-refractivity contribution in [3.63, 3.8) is 0 Å². The van der Waals surface area contributed by atoms with Gasteiger partial charge in [0.25, 0.3) is 0 Å².